The van der Waals surface area contributed by atoms with Gasteiger partial charge in [0.2, 0.25) is 0 Å². The molecule has 0 radical (unpaired) electrons. The van der Waals surface area contributed by atoms with Crippen molar-refractivity contribution in [2.45, 2.75) is 13.0 Å². The van der Waals surface area contributed by atoms with Crippen molar-refractivity contribution >= 4 is 34.6 Å². The zero-order valence-electron chi connectivity index (χ0n) is 16.0. The van der Waals surface area contributed by atoms with Crippen molar-refractivity contribution in [3.05, 3.63) is 74.3 Å². The van der Waals surface area contributed by atoms with Gasteiger partial charge in [-0.15, -0.1) is 0 Å². The average Bonchev–Trinajstić information content (AvgIpc) is 3.19. The van der Waals surface area contributed by atoms with Gasteiger partial charge in [-0.1, -0.05) is 18.2 Å². The molecule has 0 N–H and O–H groups in total. The maximum absolute atomic E-state index is 12.5. The van der Waals surface area contributed by atoms with Gasteiger partial charge in [-0.05, 0) is 24.6 Å². The molecule has 0 saturated heterocycles. The molecule has 3 aromatic rings. The van der Waals surface area contributed by atoms with Crippen LogP contribution in [0.2, 0.25) is 0 Å². The van der Waals surface area contributed by atoms with E-state index in [1.54, 1.807) is 24.3 Å². The minimum absolute atomic E-state index is 0.0614. The van der Waals surface area contributed by atoms with E-state index in [4.69, 9.17) is 9.15 Å². The highest BCUT2D eigenvalue weighted by Gasteiger charge is 2.41. The fourth-order valence-electron chi connectivity index (χ4n) is 3.42. The molecule has 1 aliphatic rings. The molecular weight excluding hydrogens is 410 g/mol. The van der Waals surface area contributed by atoms with E-state index < -0.39 is 40.7 Å². The lowest BCUT2D eigenvalue weighted by atomic mass is 10.1. The summed E-state index contributed by atoms with van der Waals surface area (Å²) in [5, 5.41) is 11.1. The summed E-state index contributed by atoms with van der Waals surface area (Å²) in [4.78, 5) is 59.9. The van der Waals surface area contributed by atoms with Gasteiger partial charge in [0.1, 0.15) is 12.1 Å². The first-order valence-corrected chi connectivity index (χ1v) is 9.26. The fourth-order valence-corrected chi connectivity index (χ4v) is 3.42. The van der Waals surface area contributed by atoms with Gasteiger partial charge in [-0.3, -0.25) is 34.0 Å². The van der Waals surface area contributed by atoms with Crippen molar-refractivity contribution in [2.24, 2.45) is 0 Å². The van der Waals surface area contributed by atoms with Crippen LogP contribution in [0.25, 0.3) is 11.1 Å². The van der Waals surface area contributed by atoms with Crippen molar-refractivity contribution in [3.63, 3.8) is 0 Å². The number of rotatable bonds is 7. The molecule has 0 saturated carbocycles. The predicted octanol–water partition coefficient (Wildman–Crippen LogP) is 1.73. The van der Waals surface area contributed by atoms with E-state index in [9.17, 15) is 29.3 Å². The summed E-state index contributed by atoms with van der Waals surface area (Å²) >= 11 is 0. The Morgan fingerprint density at radius 2 is 1.84 bits per heavy atom. The molecular formula is C20H15N3O8. The van der Waals surface area contributed by atoms with Crippen LogP contribution in [0.5, 0.6) is 0 Å². The molecule has 0 unspecified atom stereocenters. The maximum atomic E-state index is 12.5. The predicted molar refractivity (Wildman–Crippen MR) is 105 cm³/mol. The SMILES string of the molecule is O=C(CN1C(=O)c2cccc([N+](=O)[O-])c2C1=O)OCCCn1c(=O)oc2ccccc21. The summed E-state index contributed by atoms with van der Waals surface area (Å²) in [6.45, 7) is -0.492. The Bertz CT molecular complexity index is 1290. The first-order chi connectivity index (χ1) is 14.9. The van der Waals surface area contributed by atoms with E-state index in [1.165, 1.54) is 16.7 Å². The van der Waals surface area contributed by atoms with Crippen molar-refractivity contribution < 1.29 is 28.5 Å². The molecule has 0 spiro atoms. The Balaban J connectivity index is 1.35. The highest BCUT2D eigenvalue weighted by Crippen LogP contribution is 2.30. The lowest BCUT2D eigenvalue weighted by Gasteiger charge is -2.13. The normalized spacial score (nSPS) is 13.0. The van der Waals surface area contributed by atoms with Crippen molar-refractivity contribution in [3.8, 4) is 0 Å². The summed E-state index contributed by atoms with van der Waals surface area (Å²) in [7, 11) is 0. The lowest BCUT2D eigenvalue weighted by molar-refractivity contribution is -0.385. The van der Waals surface area contributed by atoms with E-state index in [-0.39, 0.29) is 24.3 Å². The molecule has 31 heavy (non-hydrogen) atoms. The molecule has 0 atom stereocenters. The third kappa shape index (κ3) is 3.56. The van der Waals surface area contributed by atoms with Gasteiger partial charge in [0.05, 0.1) is 22.6 Å². The number of aryl methyl sites for hydroxylation is 1. The van der Waals surface area contributed by atoms with E-state index >= 15 is 0 Å². The van der Waals surface area contributed by atoms with Crippen LogP contribution < -0.4 is 5.76 Å². The van der Waals surface area contributed by atoms with Gasteiger partial charge in [0.25, 0.3) is 17.5 Å². The number of nitro benzene ring substituents is 1. The first kappa shape index (κ1) is 20.0. The molecule has 11 nitrogen and oxygen atoms in total. The van der Waals surface area contributed by atoms with Crippen LogP contribution in [-0.4, -0.2) is 45.3 Å². The number of fused-ring (bicyclic) bond motifs is 2. The molecule has 2 aromatic carbocycles. The fraction of sp³-hybridized carbons (Fsp3) is 0.200. The lowest BCUT2D eigenvalue weighted by Crippen LogP contribution is -2.36. The average molecular weight is 425 g/mol. The second kappa shape index (κ2) is 7.86. The van der Waals surface area contributed by atoms with Crippen molar-refractivity contribution in [2.75, 3.05) is 13.2 Å². The summed E-state index contributed by atoms with van der Waals surface area (Å²) in [6, 6.07) is 10.6. The van der Waals surface area contributed by atoms with Crippen LogP contribution in [0, 0.1) is 10.1 Å². The minimum Gasteiger partial charge on any atom is -0.464 e. The smallest absolute Gasteiger partial charge is 0.419 e. The molecule has 1 aromatic heterocycles. The molecule has 0 fully saturated rings. The number of aromatic nitrogens is 1. The number of carbonyl (C=O) groups excluding carboxylic acids is 3. The van der Waals surface area contributed by atoms with Gasteiger partial charge >= 0.3 is 11.7 Å². The number of esters is 1. The van der Waals surface area contributed by atoms with Crippen molar-refractivity contribution in [1.29, 1.82) is 0 Å². The highest BCUT2D eigenvalue weighted by atomic mass is 16.6. The van der Waals surface area contributed by atoms with E-state index in [1.807, 2.05) is 0 Å². The Morgan fingerprint density at radius 3 is 2.61 bits per heavy atom. The van der Waals surface area contributed by atoms with Gasteiger partial charge in [0, 0.05) is 12.6 Å². The van der Waals surface area contributed by atoms with E-state index in [2.05, 4.69) is 0 Å². The van der Waals surface area contributed by atoms with Crippen LogP contribution in [-0.2, 0) is 16.1 Å². The molecule has 4 rings (SSSR count). The van der Waals surface area contributed by atoms with Crippen LogP contribution in [0.1, 0.15) is 27.1 Å². The van der Waals surface area contributed by atoms with Crippen LogP contribution in [0.4, 0.5) is 5.69 Å². The number of ether oxygens (including phenoxy) is 1. The Labute approximate surface area is 173 Å². The summed E-state index contributed by atoms with van der Waals surface area (Å²) < 4.78 is 11.6. The van der Waals surface area contributed by atoms with Crippen molar-refractivity contribution in [1.82, 2.24) is 9.47 Å². The molecule has 0 aliphatic carbocycles. The third-order valence-electron chi connectivity index (χ3n) is 4.82. The third-order valence-corrected chi connectivity index (χ3v) is 4.82. The molecule has 158 valence electrons. The van der Waals surface area contributed by atoms with E-state index in [0.717, 1.165) is 6.07 Å². The molecule has 2 heterocycles. The molecule has 2 amide bonds. The monoisotopic (exact) mass is 425 g/mol. The maximum Gasteiger partial charge on any atom is 0.419 e. The summed E-state index contributed by atoms with van der Waals surface area (Å²) in [5.74, 6) is -3.08. The Kier molecular flexibility index (Phi) is 5.07. The number of benzene rings is 2. The van der Waals surface area contributed by atoms with E-state index in [0.29, 0.717) is 22.4 Å². The van der Waals surface area contributed by atoms with Crippen LogP contribution >= 0.6 is 0 Å². The number of amides is 2. The van der Waals surface area contributed by atoms with Gasteiger partial charge in [-0.25, -0.2) is 4.79 Å². The van der Waals surface area contributed by atoms with Gasteiger partial charge in [0.15, 0.2) is 5.58 Å². The van der Waals surface area contributed by atoms with Crippen LogP contribution in [0.3, 0.4) is 0 Å². The Hall–Kier alpha value is -4.28. The second-order valence-electron chi connectivity index (χ2n) is 6.71. The number of nitro groups is 1. The molecule has 11 heteroatoms. The zero-order chi connectivity index (χ0) is 22.1. The molecule has 1 aliphatic heterocycles. The van der Waals surface area contributed by atoms with Gasteiger partial charge < -0.3 is 9.15 Å². The number of carbonyl (C=O) groups is 3. The number of hydrogen-bond donors (Lipinski definition) is 0. The van der Waals surface area contributed by atoms with Gasteiger partial charge in [-0.2, -0.15) is 0 Å². The first-order valence-electron chi connectivity index (χ1n) is 9.26. The largest absolute Gasteiger partial charge is 0.464 e. The quantitative estimate of drug-likeness (QED) is 0.183. The molecule has 0 bridgehead atoms. The Morgan fingerprint density at radius 1 is 1.06 bits per heavy atom. The number of hydrogen-bond acceptors (Lipinski definition) is 8. The number of imide groups is 1. The second-order valence-corrected chi connectivity index (χ2v) is 6.71. The topological polar surface area (TPSA) is 142 Å². The highest BCUT2D eigenvalue weighted by molar-refractivity contribution is 6.24. The number of para-hydroxylation sites is 2. The summed E-state index contributed by atoms with van der Waals surface area (Å²) in [5.41, 5.74) is 0.106. The number of oxazole rings is 1. The zero-order valence-corrected chi connectivity index (χ0v) is 16.0. The standard InChI is InChI=1S/C20H15N3O8/c24-16(30-10-4-9-21-13-6-1-2-8-15(13)31-20(21)27)11-22-18(25)12-5-3-7-14(23(28)29)17(12)19(22)26/h1-3,5-8H,4,9-11H2. The minimum atomic E-state index is -0.916. The summed E-state index contributed by atoms with van der Waals surface area (Å²) in [6.07, 6.45) is 0.294. The number of nitrogens with zero attached hydrogens (tertiary/aromatic N) is 3. The van der Waals surface area contributed by atoms with Crippen LogP contribution in [0.15, 0.2) is 51.7 Å².